The third-order valence-corrected chi connectivity index (χ3v) is 4.46. The first kappa shape index (κ1) is 15.1. The van der Waals surface area contributed by atoms with Gasteiger partial charge in [0.1, 0.15) is 5.84 Å². The number of amidine groups is 1. The largest absolute Gasteiger partial charge is 0.382 e. The predicted molar refractivity (Wildman–Crippen MR) is 97.0 cm³/mol. The number of rotatable bonds is 4. The van der Waals surface area contributed by atoms with Gasteiger partial charge < -0.3 is 16.5 Å². The summed E-state index contributed by atoms with van der Waals surface area (Å²) in [5, 5.41) is 6.48. The number of hydrazone groups is 1. The molecule has 116 valence electrons. The molecule has 0 bridgehead atoms. The quantitative estimate of drug-likeness (QED) is 0.334. The minimum absolute atomic E-state index is 0.319. The van der Waals surface area contributed by atoms with Crippen molar-refractivity contribution in [3.05, 3.63) is 65.5 Å². The van der Waals surface area contributed by atoms with E-state index in [9.17, 15) is 0 Å². The van der Waals surface area contributed by atoms with Crippen molar-refractivity contribution >= 4 is 28.0 Å². The van der Waals surface area contributed by atoms with Gasteiger partial charge in [0.25, 0.3) is 0 Å². The van der Waals surface area contributed by atoms with Crippen LogP contribution in [0.3, 0.4) is 0 Å². The van der Waals surface area contributed by atoms with Crippen LogP contribution in [0.1, 0.15) is 5.56 Å². The number of hydrogen-bond acceptors (Lipinski definition) is 5. The highest BCUT2D eigenvalue weighted by molar-refractivity contribution is 7.14. The van der Waals surface area contributed by atoms with Crippen molar-refractivity contribution in [1.29, 1.82) is 0 Å². The lowest BCUT2D eigenvalue weighted by atomic mass is 10.1. The Kier molecular flexibility index (Phi) is 4.25. The zero-order valence-corrected chi connectivity index (χ0v) is 13.5. The van der Waals surface area contributed by atoms with Gasteiger partial charge in [0.2, 0.25) is 0 Å². The minimum Gasteiger partial charge on any atom is -0.382 e. The number of anilines is 2. The molecule has 0 spiro atoms. The Balaban J connectivity index is 1.84. The zero-order chi connectivity index (χ0) is 16.2. The highest BCUT2D eigenvalue weighted by Gasteiger charge is 2.10. The Morgan fingerprint density at radius 3 is 2.43 bits per heavy atom. The average Bonchev–Trinajstić information content (AvgIpc) is 3.11. The van der Waals surface area contributed by atoms with E-state index >= 15 is 0 Å². The molecule has 3 rings (SSSR count). The number of thiazole rings is 1. The number of aromatic nitrogens is 1. The van der Waals surface area contributed by atoms with E-state index in [2.05, 4.69) is 22.1 Å². The summed E-state index contributed by atoms with van der Waals surface area (Å²) < 4.78 is 0. The summed E-state index contributed by atoms with van der Waals surface area (Å²) in [7, 11) is 2.01. The van der Waals surface area contributed by atoms with Gasteiger partial charge in [0, 0.05) is 29.2 Å². The van der Waals surface area contributed by atoms with E-state index in [4.69, 9.17) is 16.6 Å². The lowest BCUT2D eigenvalue weighted by Gasteiger charge is -2.15. The molecule has 4 N–H and O–H groups in total. The number of hydrogen-bond donors (Lipinski definition) is 2. The van der Waals surface area contributed by atoms with Crippen LogP contribution in [0, 0.1) is 0 Å². The summed E-state index contributed by atoms with van der Waals surface area (Å²) >= 11 is 1.61. The van der Waals surface area contributed by atoms with Crippen LogP contribution < -0.4 is 16.5 Å². The number of para-hydroxylation sites is 1. The molecular formula is C17H17N5S. The third kappa shape index (κ3) is 3.17. The molecule has 0 saturated carbocycles. The highest BCUT2D eigenvalue weighted by Crippen LogP contribution is 2.30. The van der Waals surface area contributed by atoms with Crippen molar-refractivity contribution in [2.24, 2.45) is 16.7 Å². The van der Waals surface area contributed by atoms with Gasteiger partial charge >= 0.3 is 0 Å². The van der Waals surface area contributed by atoms with Crippen molar-refractivity contribution in [3.63, 3.8) is 0 Å². The Labute approximate surface area is 138 Å². The molecule has 0 radical (unpaired) electrons. The van der Waals surface area contributed by atoms with Crippen LogP contribution in [0.4, 0.5) is 10.8 Å². The Morgan fingerprint density at radius 1 is 1.09 bits per heavy atom. The first-order valence-corrected chi connectivity index (χ1v) is 7.95. The smallest absolute Gasteiger partial charge is 0.190 e. The number of nitrogens with two attached hydrogens (primary N) is 2. The second-order valence-corrected chi connectivity index (χ2v) is 5.84. The van der Waals surface area contributed by atoms with Crippen LogP contribution in [0.2, 0.25) is 0 Å². The Bertz CT molecular complexity index is 809. The number of nitrogens with zero attached hydrogens (tertiary/aromatic N) is 3. The minimum atomic E-state index is 0.319. The zero-order valence-electron chi connectivity index (χ0n) is 12.7. The molecule has 0 aliphatic carbocycles. The first-order valence-electron chi connectivity index (χ1n) is 7.07. The van der Waals surface area contributed by atoms with Crippen LogP contribution in [-0.2, 0) is 0 Å². The van der Waals surface area contributed by atoms with Crippen molar-refractivity contribution in [2.75, 3.05) is 11.9 Å². The van der Waals surface area contributed by atoms with E-state index in [0.717, 1.165) is 27.6 Å². The van der Waals surface area contributed by atoms with E-state index < -0.39 is 0 Å². The van der Waals surface area contributed by atoms with Crippen LogP contribution in [0.5, 0.6) is 0 Å². The van der Waals surface area contributed by atoms with Gasteiger partial charge in [-0.05, 0) is 12.1 Å². The summed E-state index contributed by atoms with van der Waals surface area (Å²) in [5.41, 5.74) is 9.57. The Hall–Kier alpha value is -2.86. The van der Waals surface area contributed by atoms with Gasteiger partial charge in [-0.15, -0.1) is 11.3 Å². The van der Waals surface area contributed by atoms with Crippen molar-refractivity contribution in [3.8, 4) is 11.3 Å². The predicted octanol–water partition coefficient (Wildman–Crippen LogP) is 3.16. The van der Waals surface area contributed by atoms with Gasteiger partial charge in [-0.2, -0.15) is 5.10 Å². The standard InChI is InChI=1S/C17H17N5S/c1-22(14-5-3-2-4-6-14)17-20-15(11-23-17)12-7-9-13(10-8-12)16(18)21-19/h2-11H,19H2,1H3,(H2,18,21). The maximum absolute atomic E-state index is 5.70. The molecule has 0 atom stereocenters. The Morgan fingerprint density at radius 2 is 1.78 bits per heavy atom. The van der Waals surface area contributed by atoms with Crippen LogP contribution in [0.15, 0.2) is 65.1 Å². The molecule has 6 heteroatoms. The fourth-order valence-electron chi connectivity index (χ4n) is 2.20. The second-order valence-electron chi connectivity index (χ2n) is 5.00. The maximum Gasteiger partial charge on any atom is 0.190 e. The number of benzene rings is 2. The molecule has 3 aromatic rings. The third-order valence-electron chi connectivity index (χ3n) is 3.54. The van der Waals surface area contributed by atoms with Crippen molar-refractivity contribution in [2.45, 2.75) is 0 Å². The molecule has 0 fully saturated rings. The summed E-state index contributed by atoms with van der Waals surface area (Å²) in [6.45, 7) is 0. The van der Waals surface area contributed by atoms with E-state index in [1.165, 1.54) is 0 Å². The van der Waals surface area contributed by atoms with E-state index in [1.54, 1.807) is 11.3 Å². The molecule has 0 saturated heterocycles. The van der Waals surface area contributed by atoms with Gasteiger partial charge in [0.15, 0.2) is 5.13 Å². The van der Waals surface area contributed by atoms with Crippen LogP contribution in [0.25, 0.3) is 11.3 Å². The van der Waals surface area contributed by atoms with Gasteiger partial charge in [-0.3, -0.25) is 0 Å². The van der Waals surface area contributed by atoms with Gasteiger partial charge in [-0.1, -0.05) is 42.5 Å². The molecular weight excluding hydrogens is 306 g/mol. The molecule has 0 amide bonds. The second kappa shape index (κ2) is 6.50. The molecule has 0 unspecified atom stereocenters. The topological polar surface area (TPSA) is 80.5 Å². The van der Waals surface area contributed by atoms with E-state index in [0.29, 0.717) is 5.84 Å². The molecule has 2 aromatic carbocycles. The maximum atomic E-state index is 5.70. The van der Waals surface area contributed by atoms with Crippen molar-refractivity contribution < 1.29 is 0 Å². The molecule has 1 aromatic heterocycles. The van der Waals surface area contributed by atoms with Crippen molar-refractivity contribution in [1.82, 2.24) is 4.98 Å². The van der Waals surface area contributed by atoms with Crippen LogP contribution in [-0.4, -0.2) is 17.9 Å². The summed E-state index contributed by atoms with van der Waals surface area (Å²) in [4.78, 5) is 6.78. The molecule has 0 aliphatic rings. The molecule has 1 heterocycles. The van der Waals surface area contributed by atoms with E-state index in [-0.39, 0.29) is 0 Å². The van der Waals surface area contributed by atoms with Crippen LogP contribution >= 0.6 is 11.3 Å². The summed E-state index contributed by atoms with van der Waals surface area (Å²) in [6.07, 6.45) is 0. The highest BCUT2D eigenvalue weighted by atomic mass is 32.1. The molecule has 5 nitrogen and oxygen atoms in total. The lowest BCUT2D eigenvalue weighted by Crippen LogP contribution is -2.15. The normalized spacial score (nSPS) is 11.4. The molecule has 23 heavy (non-hydrogen) atoms. The van der Waals surface area contributed by atoms with Gasteiger partial charge in [0.05, 0.1) is 5.69 Å². The SMILES string of the molecule is CN(c1ccccc1)c1nc(-c2ccc(/C(N)=N/N)cc2)cs1. The first-order chi connectivity index (χ1) is 11.2. The fourth-order valence-corrected chi connectivity index (χ4v) is 3.02. The van der Waals surface area contributed by atoms with Gasteiger partial charge in [-0.25, -0.2) is 4.98 Å². The van der Waals surface area contributed by atoms with E-state index in [1.807, 2.05) is 54.9 Å². The fraction of sp³-hybridized carbons (Fsp3) is 0.0588. The summed E-state index contributed by atoms with van der Waals surface area (Å²) in [6, 6.07) is 17.9. The molecule has 0 aliphatic heterocycles. The lowest BCUT2D eigenvalue weighted by molar-refractivity contribution is 1.17. The summed E-state index contributed by atoms with van der Waals surface area (Å²) in [5.74, 6) is 5.51. The monoisotopic (exact) mass is 323 g/mol. The average molecular weight is 323 g/mol.